The second-order valence-corrected chi connectivity index (χ2v) is 5.81. The minimum atomic E-state index is -1.13. The minimum Gasteiger partial charge on any atom is -0.480 e. The molecule has 0 bridgehead atoms. The first-order chi connectivity index (χ1) is 10.6. The van der Waals surface area contributed by atoms with Crippen LogP contribution >= 0.6 is 0 Å². The number of carboxylic acids is 1. The highest BCUT2D eigenvalue weighted by Gasteiger charge is 2.41. The molecule has 1 fully saturated rings. The van der Waals surface area contributed by atoms with Crippen molar-refractivity contribution < 1.29 is 14.7 Å². The lowest BCUT2D eigenvalue weighted by atomic mass is 9.81. The largest absolute Gasteiger partial charge is 0.480 e. The van der Waals surface area contributed by atoms with Gasteiger partial charge in [0, 0.05) is 17.1 Å². The summed E-state index contributed by atoms with van der Waals surface area (Å²) in [6.07, 6.45) is 5.35. The van der Waals surface area contributed by atoms with Crippen LogP contribution in [0.15, 0.2) is 36.5 Å². The maximum absolute atomic E-state index is 12.5. The van der Waals surface area contributed by atoms with Crippen molar-refractivity contribution >= 4 is 22.8 Å². The van der Waals surface area contributed by atoms with Gasteiger partial charge in [-0.25, -0.2) is 4.79 Å². The smallest absolute Gasteiger partial charge is 0.329 e. The molecule has 0 radical (unpaired) electrons. The minimum absolute atomic E-state index is 0.338. The van der Waals surface area contributed by atoms with Crippen molar-refractivity contribution in [3.05, 3.63) is 42.1 Å². The van der Waals surface area contributed by atoms with Gasteiger partial charge in [0.2, 0.25) is 0 Å². The third kappa shape index (κ3) is 2.66. The highest BCUT2D eigenvalue weighted by Crippen LogP contribution is 2.29. The number of carboxylic acid groups (broad SMARTS) is 1. The Kier molecular flexibility index (Phi) is 3.79. The summed E-state index contributed by atoms with van der Waals surface area (Å²) in [7, 11) is 0. The van der Waals surface area contributed by atoms with Crippen LogP contribution in [0.25, 0.3) is 10.9 Å². The summed E-state index contributed by atoms with van der Waals surface area (Å²) < 4.78 is 0. The van der Waals surface area contributed by atoms with Gasteiger partial charge in [-0.2, -0.15) is 0 Å². The molecule has 2 aromatic rings. The van der Waals surface area contributed by atoms with Crippen LogP contribution in [0.2, 0.25) is 0 Å². The summed E-state index contributed by atoms with van der Waals surface area (Å²) >= 11 is 0. The van der Waals surface area contributed by atoms with E-state index in [-0.39, 0.29) is 5.91 Å². The Morgan fingerprint density at radius 3 is 2.64 bits per heavy atom. The van der Waals surface area contributed by atoms with Crippen LogP contribution in [0.1, 0.15) is 42.5 Å². The lowest BCUT2D eigenvalue weighted by Crippen LogP contribution is -2.55. The van der Waals surface area contributed by atoms with Crippen LogP contribution in [0, 0.1) is 0 Å². The maximum atomic E-state index is 12.5. The molecule has 1 aromatic carbocycles. The number of rotatable bonds is 3. The lowest BCUT2D eigenvalue weighted by molar-refractivity contribution is -0.145. The SMILES string of the molecule is O=C(NC1(C(=O)O)CCCCC1)c1ccc2ncccc2c1. The average molecular weight is 298 g/mol. The summed E-state index contributed by atoms with van der Waals surface area (Å²) in [5.74, 6) is -1.28. The molecule has 0 spiro atoms. The van der Waals surface area contributed by atoms with Crippen molar-refractivity contribution in [2.75, 3.05) is 0 Å². The number of fused-ring (bicyclic) bond motifs is 1. The average Bonchev–Trinajstić information content (AvgIpc) is 2.55. The molecule has 5 heteroatoms. The molecule has 0 atom stereocenters. The molecule has 0 aliphatic heterocycles. The van der Waals surface area contributed by atoms with E-state index in [0.29, 0.717) is 18.4 Å². The first-order valence-electron chi connectivity index (χ1n) is 7.51. The Balaban J connectivity index is 1.86. The lowest BCUT2D eigenvalue weighted by Gasteiger charge is -2.34. The predicted octanol–water partition coefficient (Wildman–Crippen LogP) is 2.75. The van der Waals surface area contributed by atoms with E-state index in [1.54, 1.807) is 24.4 Å². The van der Waals surface area contributed by atoms with Crippen LogP contribution < -0.4 is 5.32 Å². The molecule has 1 amide bonds. The molecule has 1 aliphatic carbocycles. The fourth-order valence-corrected chi connectivity index (χ4v) is 3.05. The Bertz CT molecular complexity index is 721. The monoisotopic (exact) mass is 298 g/mol. The van der Waals surface area contributed by atoms with Gasteiger partial charge >= 0.3 is 5.97 Å². The quantitative estimate of drug-likeness (QED) is 0.913. The maximum Gasteiger partial charge on any atom is 0.329 e. The van der Waals surface area contributed by atoms with E-state index in [2.05, 4.69) is 10.3 Å². The number of nitrogens with one attached hydrogen (secondary N) is 1. The predicted molar refractivity (Wildman–Crippen MR) is 82.7 cm³/mol. The van der Waals surface area contributed by atoms with E-state index < -0.39 is 11.5 Å². The Hall–Kier alpha value is -2.43. The highest BCUT2D eigenvalue weighted by atomic mass is 16.4. The molecule has 5 nitrogen and oxygen atoms in total. The molecule has 1 aromatic heterocycles. The number of nitrogens with zero attached hydrogens (tertiary/aromatic N) is 1. The van der Waals surface area contributed by atoms with Crippen molar-refractivity contribution in [2.24, 2.45) is 0 Å². The van der Waals surface area contributed by atoms with Crippen molar-refractivity contribution in [1.82, 2.24) is 10.3 Å². The van der Waals surface area contributed by atoms with Gasteiger partial charge in [-0.3, -0.25) is 9.78 Å². The van der Waals surface area contributed by atoms with Gasteiger partial charge in [-0.05, 0) is 37.1 Å². The van der Waals surface area contributed by atoms with E-state index in [0.717, 1.165) is 30.2 Å². The summed E-state index contributed by atoms with van der Waals surface area (Å²) in [5.41, 5.74) is 0.149. The van der Waals surface area contributed by atoms with Crippen LogP contribution in [0.4, 0.5) is 0 Å². The standard InChI is InChI=1S/C17H18N2O3/c20-15(19-17(16(21)22)8-2-1-3-9-17)13-6-7-14-12(11-13)5-4-10-18-14/h4-7,10-11H,1-3,8-9H2,(H,19,20)(H,21,22). The summed E-state index contributed by atoms with van der Waals surface area (Å²) in [4.78, 5) is 28.3. The van der Waals surface area contributed by atoms with Gasteiger partial charge in [-0.1, -0.05) is 25.3 Å². The van der Waals surface area contributed by atoms with Gasteiger partial charge < -0.3 is 10.4 Å². The zero-order valence-corrected chi connectivity index (χ0v) is 12.2. The zero-order chi connectivity index (χ0) is 15.6. The Labute approximate surface area is 128 Å². The fraction of sp³-hybridized carbons (Fsp3) is 0.353. The molecule has 0 unspecified atom stereocenters. The second-order valence-electron chi connectivity index (χ2n) is 5.81. The van der Waals surface area contributed by atoms with Crippen molar-refractivity contribution in [1.29, 1.82) is 0 Å². The van der Waals surface area contributed by atoms with Crippen molar-refractivity contribution in [3.8, 4) is 0 Å². The number of hydrogen-bond acceptors (Lipinski definition) is 3. The van der Waals surface area contributed by atoms with Crippen molar-refractivity contribution in [2.45, 2.75) is 37.6 Å². The van der Waals surface area contributed by atoms with Crippen LogP contribution in [-0.4, -0.2) is 27.5 Å². The molecular formula is C17H18N2O3. The third-order valence-electron chi connectivity index (χ3n) is 4.33. The summed E-state index contributed by atoms with van der Waals surface area (Å²) in [5, 5.41) is 13.1. The number of aliphatic carboxylic acids is 1. The van der Waals surface area contributed by atoms with Gasteiger partial charge in [-0.15, -0.1) is 0 Å². The number of carbonyl (C=O) groups excluding carboxylic acids is 1. The number of aromatic nitrogens is 1. The number of carbonyl (C=O) groups is 2. The number of benzene rings is 1. The van der Waals surface area contributed by atoms with E-state index >= 15 is 0 Å². The third-order valence-corrected chi connectivity index (χ3v) is 4.33. The molecule has 2 N–H and O–H groups in total. The Morgan fingerprint density at radius 2 is 1.91 bits per heavy atom. The van der Waals surface area contributed by atoms with Gasteiger partial charge in [0.1, 0.15) is 5.54 Å². The van der Waals surface area contributed by atoms with E-state index in [9.17, 15) is 14.7 Å². The molecule has 1 saturated carbocycles. The van der Waals surface area contributed by atoms with E-state index in [1.165, 1.54) is 0 Å². The normalized spacial score (nSPS) is 17.1. The fourth-order valence-electron chi connectivity index (χ4n) is 3.05. The van der Waals surface area contributed by atoms with Gasteiger partial charge in [0.25, 0.3) is 5.91 Å². The topological polar surface area (TPSA) is 79.3 Å². The molecule has 1 heterocycles. The molecule has 3 rings (SSSR count). The van der Waals surface area contributed by atoms with E-state index in [4.69, 9.17) is 0 Å². The number of hydrogen-bond donors (Lipinski definition) is 2. The van der Waals surface area contributed by atoms with Crippen LogP contribution in [-0.2, 0) is 4.79 Å². The Morgan fingerprint density at radius 1 is 1.14 bits per heavy atom. The molecule has 1 aliphatic rings. The molecule has 114 valence electrons. The van der Waals surface area contributed by atoms with Crippen molar-refractivity contribution in [3.63, 3.8) is 0 Å². The highest BCUT2D eigenvalue weighted by molar-refractivity contribution is 6.00. The molecule has 0 saturated heterocycles. The first kappa shape index (κ1) is 14.5. The van der Waals surface area contributed by atoms with Crippen LogP contribution in [0.3, 0.4) is 0 Å². The molecule has 22 heavy (non-hydrogen) atoms. The van der Waals surface area contributed by atoms with E-state index in [1.807, 2.05) is 12.1 Å². The zero-order valence-electron chi connectivity index (χ0n) is 12.2. The summed E-state index contributed by atoms with van der Waals surface area (Å²) in [6.45, 7) is 0. The number of pyridine rings is 1. The second kappa shape index (κ2) is 5.75. The summed E-state index contributed by atoms with van der Waals surface area (Å²) in [6, 6.07) is 8.90. The van der Waals surface area contributed by atoms with Gasteiger partial charge in [0.15, 0.2) is 0 Å². The van der Waals surface area contributed by atoms with Gasteiger partial charge in [0.05, 0.1) is 5.52 Å². The molecular weight excluding hydrogens is 280 g/mol. The van der Waals surface area contributed by atoms with Crippen LogP contribution in [0.5, 0.6) is 0 Å². The number of amides is 1. The first-order valence-corrected chi connectivity index (χ1v) is 7.51.